The molecule has 5 heterocycles. The Labute approximate surface area is 786 Å². The molecule has 0 saturated carbocycles. The first-order valence-corrected chi connectivity index (χ1v) is 50.9. The molecular formula is C91H165N2O40P. The summed E-state index contributed by atoms with van der Waals surface area (Å²) in [5.74, 6) is -16.4. The van der Waals surface area contributed by atoms with Crippen LogP contribution < -0.4 is 10.6 Å². The largest absolute Gasteiger partial charge is 0.477 e. The second-order valence-corrected chi connectivity index (χ2v) is 38.2. The van der Waals surface area contributed by atoms with Crippen molar-refractivity contribution in [2.24, 2.45) is 0 Å². The van der Waals surface area contributed by atoms with Crippen LogP contribution in [0.25, 0.3) is 0 Å². The summed E-state index contributed by atoms with van der Waals surface area (Å²) in [7, 11) is -6.15. The van der Waals surface area contributed by atoms with Crippen molar-refractivity contribution in [3.05, 3.63) is 0 Å². The fourth-order valence-corrected chi connectivity index (χ4v) is 18.3. The molecular weight excluding hydrogens is 1790 g/mol. The number of carbonyl (C=O) groups is 6. The summed E-state index contributed by atoms with van der Waals surface area (Å²) in [6.45, 7) is 1.66. The Morgan fingerprint density at radius 2 is 0.784 bits per heavy atom. The first-order chi connectivity index (χ1) is 63.9. The molecule has 0 radical (unpaired) electrons. The van der Waals surface area contributed by atoms with E-state index in [0.29, 0.717) is 38.5 Å². The lowest BCUT2D eigenvalue weighted by Crippen LogP contribution is -2.70. The Balaban J connectivity index is 1.69. The van der Waals surface area contributed by atoms with Gasteiger partial charge in [0.1, 0.15) is 104 Å². The van der Waals surface area contributed by atoms with Crippen molar-refractivity contribution >= 4 is 43.5 Å². The van der Waals surface area contributed by atoms with E-state index in [4.69, 9.17) is 56.6 Å². The van der Waals surface area contributed by atoms with Gasteiger partial charge in [-0.3, -0.25) is 23.7 Å². The van der Waals surface area contributed by atoms with Crippen molar-refractivity contribution in [3.8, 4) is 0 Å². The van der Waals surface area contributed by atoms with Crippen molar-refractivity contribution < 1.29 is 197 Å². The van der Waals surface area contributed by atoms with Crippen LogP contribution in [0.15, 0.2) is 0 Å². The number of hydrogen-bond donors (Lipinski definition) is 23. The highest BCUT2D eigenvalue weighted by molar-refractivity contribution is 7.46. The minimum atomic E-state index is -6.15. The minimum absolute atomic E-state index is 0.0158. The number of esters is 2. The zero-order valence-electron chi connectivity index (χ0n) is 78.8. The van der Waals surface area contributed by atoms with Crippen molar-refractivity contribution in [1.29, 1.82) is 0 Å². The number of ether oxygens (including phenoxy) is 11. The van der Waals surface area contributed by atoms with Gasteiger partial charge in [0, 0.05) is 12.8 Å². The highest BCUT2D eigenvalue weighted by Gasteiger charge is 2.64. The van der Waals surface area contributed by atoms with E-state index < -0.39 is 298 Å². The molecule has 42 nitrogen and oxygen atoms in total. The lowest BCUT2D eigenvalue weighted by molar-refractivity contribution is -0.400. The molecule has 43 heteroatoms. The summed E-state index contributed by atoms with van der Waals surface area (Å²) >= 11 is 0. The number of carbonyl (C=O) groups excluding carboxylic acids is 4. The van der Waals surface area contributed by atoms with E-state index in [-0.39, 0.29) is 25.7 Å². The predicted molar refractivity (Wildman–Crippen MR) is 475 cm³/mol. The fraction of sp³-hybridized carbons (Fsp3) is 0.934. The Morgan fingerprint density at radius 3 is 1.20 bits per heavy atom. The van der Waals surface area contributed by atoms with Crippen LogP contribution in [-0.2, 0) is 90.0 Å². The Bertz CT molecular complexity index is 3290. The second kappa shape index (κ2) is 64.4. The van der Waals surface area contributed by atoms with Crippen LogP contribution in [0.4, 0.5) is 0 Å². The number of carboxylic acids is 2. The maximum atomic E-state index is 14.8. The van der Waals surface area contributed by atoms with Gasteiger partial charge in [0.25, 0.3) is 11.6 Å². The molecule has 5 aliphatic rings. The number of unbranched alkanes of at least 4 members (excludes halogenated alkanes) is 32. The van der Waals surface area contributed by atoms with Crippen molar-refractivity contribution in [1.82, 2.24) is 10.6 Å². The topological polar surface area (TPSA) is 679 Å². The van der Waals surface area contributed by atoms with Gasteiger partial charge < -0.3 is 170 Å². The fourth-order valence-electron chi connectivity index (χ4n) is 17.7. The van der Waals surface area contributed by atoms with Gasteiger partial charge in [0.15, 0.2) is 31.1 Å². The van der Waals surface area contributed by atoms with E-state index in [0.717, 1.165) is 193 Å². The molecule has 0 aromatic carbocycles. The number of rotatable bonds is 72. The van der Waals surface area contributed by atoms with E-state index >= 15 is 0 Å². The molecule has 0 aromatic heterocycles. The number of aliphatic hydroxyl groups excluding tert-OH is 17. The number of carboxylic acid groups (broad SMARTS) is 2. The van der Waals surface area contributed by atoms with E-state index in [1.807, 2.05) is 0 Å². The molecule has 784 valence electrons. The molecule has 5 rings (SSSR count). The van der Waals surface area contributed by atoms with Gasteiger partial charge in [0.05, 0.1) is 95.3 Å². The maximum absolute atomic E-state index is 14.8. The molecule has 30 atom stereocenters. The number of phosphoric acid groups is 1. The van der Waals surface area contributed by atoms with Gasteiger partial charge in [-0.05, 0) is 25.7 Å². The summed E-state index contributed by atoms with van der Waals surface area (Å²) in [4.78, 5) is 108. The average molecular weight is 1960 g/mol. The molecule has 0 aromatic rings. The summed E-state index contributed by atoms with van der Waals surface area (Å²) in [5, 5.41) is 218. The first-order valence-electron chi connectivity index (χ1n) is 49.3. The number of nitrogens with one attached hydrogen (secondary N) is 2. The number of aliphatic hydroxyl groups is 17. The van der Waals surface area contributed by atoms with E-state index in [2.05, 4.69) is 38.3 Å². The number of aliphatic carboxylic acids is 2. The Hall–Kier alpha value is -4.11. The highest BCUT2D eigenvalue weighted by Crippen LogP contribution is 2.46. The molecule has 134 heavy (non-hydrogen) atoms. The van der Waals surface area contributed by atoms with Crippen LogP contribution in [-0.4, -0.2) is 358 Å². The zero-order valence-corrected chi connectivity index (χ0v) is 79.7. The smallest absolute Gasteiger partial charge is 0.470 e. The van der Waals surface area contributed by atoms with Crippen molar-refractivity contribution in [3.63, 3.8) is 0 Å². The Kier molecular flexibility index (Phi) is 57.9. The molecule has 0 unspecified atom stereocenters. The van der Waals surface area contributed by atoms with Crippen LogP contribution in [0, 0.1) is 0 Å². The lowest BCUT2D eigenvalue weighted by atomic mass is 9.89. The van der Waals surface area contributed by atoms with Crippen molar-refractivity contribution in [2.75, 3.05) is 33.0 Å². The number of phosphoric ester groups is 1. The quantitative estimate of drug-likeness (QED) is 0.0236. The second-order valence-electron chi connectivity index (χ2n) is 37.0. The van der Waals surface area contributed by atoms with Gasteiger partial charge in [-0.25, -0.2) is 14.2 Å². The monoisotopic (exact) mass is 1960 g/mol. The Morgan fingerprint density at radius 1 is 0.396 bits per heavy atom. The molecule has 0 aliphatic carbocycles. The van der Waals surface area contributed by atoms with E-state index in [1.54, 1.807) is 0 Å². The van der Waals surface area contributed by atoms with Crippen LogP contribution in [0.1, 0.15) is 323 Å². The van der Waals surface area contributed by atoms with Gasteiger partial charge in [0.2, 0.25) is 11.8 Å². The SMILES string of the molecule is CCCCCCCCCCC[C@@H](O)CC(=O)N[C@@H]1[C@@H](OC(=O)C[C@H](O)CCCCCCCCCCC)[C@H](O)[C@@H](CO[C@@H]2O[C@H](CO[C@]3(C(=O)O)C[C@@H](O[C@]4(C(=O)O)C[C@@H](O)[C@@H](O)[C@@H]([C@H](O)CO)O4)[C@@H](O[C@H]4O[C@H]([C@@H](O)CO)[C@@H](O)[C@H](O)[C@@H]4O)[C@@H]([C@H](O)CO)O3)[C@@H](OP(=O)(O)O)[C@H](OC(=O)C[C@H](O)CCCCCCCCCCC)[C@H]2NC(=O)C[C@H](O)CCCCCCCCCCC)O[C@@H]1O. The predicted octanol–water partition coefficient (Wildman–Crippen LogP) is 3.28. The van der Waals surface area contributed by atoms with Crippen LogP contribution in [0.5, 0.6) is 0 Å². The van der Waals surface area contributed by atoms with Gasteiger partial charge in [-0.2, -0.15) is 0 Å². The van der Waals surface area contributed by atoms with Crippen LogP contribution in [0.2, 0.25) is 0 Å². The normalized spacial score (nSPS) is 30.8. The molecule has 2 amide bonds. The maximum Gasteiger partial charge on any atom is 0.470 e. The number of amides is 2. The third-order valence-electron chi connectivity index (χ3n) is 25.5. The molecule has 0 bridgehead atoms. The molecule has 5 aliphatic heterocycles. The summed E-state index contributed by atoms with van der Waals surface area (Å²) in [6, 6.07) is -4.09. The van der Waals surface area contributed by atoms with Gasteiger partial charge in [-0.1, -0.05) is 259 Å². The zero-order chi connectivity index (χ0) is 99.1. The third kappa shape index (κ3) is 41.4. The molecule has 23 N–H and O–H groups in total. The standard InChI is InChI=1S/C91H165N2O40P/c1-5-9-13-17-21-25-29-33-37-41-56(97)45-67(105)92-71-83(126-69(107)47-58(99)43-39-35-31-27-23-19-15-11-7-3)74(110)65(124-85(71)114)54-122-86-72(93-68(106)46-57(98)42-38-34-30-26-22-18-14-10-6-2)84(127-70(108)48-59(100)44-40-36-32-28-24-20-16-12-8-4)82(133-134(119,120)121)66(125-86)55-123-90(88(115)116)50-64(130-91(89(117)118)49-60(101)73(109)79(131-91)62(103)52-95)81(80(132-90)63(104)53-96)129-87-77(113)75(111)76(112)78(128-87)61(102)51-94/h56-66,71-87,94-104,109-114H,5-55H2,1-4H3,(H,92,105)(H,93,106)(H,115,116)(H,117,118)(H2,119,120,121)/t56-,57-,58-,59-,60-,61+,62-,63-,64-,65-,66-,71-,72-,73-,74-,75+,76+,77+,78-,79-,80-,81-,82-,83-,84-,85+,86-,87-,90-,91-/m1/s1. The van der Waals surface area contributed by atoms with E-state index in [9.17, 15) is 140 Å². The van der Waals surface area contributed by atoms with Crippen LogP contribution >= 0.6 is 7.82 Å². The third-order valence-corrected chi connectivity index (χ3v) is 26.0. The van der Waals surface area contributed by atoms with Gasteiger partial charge in [-0.15, -0.1) is 0 Å². The highest BCUT2D eigenvalue weighted by atomic mass is 31.2. The molecule has 5 saturated heterocycles. The van der Waals surface area contributed by atoms with Gasteiger partial charge >= 0.3 is 31.7 Å². The number of hydrogen-bond acceptors (Lipinski definition) is 36. The summed E-state index contributed by atoms with van der Waals surface area (Å²) < 4.78 is 85.6. The first kappa shape index (κ1) is 120. The average Bonchev–Trinajstić information content (AvgIpc) is 0.739. The van der Waals surface area contributed by atoms with Crippen LogP contribution in [0.3, 0.4) is 0 Å². The van der Waals surface area contributed by atoms with Crippen molar-refractivity contribution in [2.45, 2.75) is 506 Å². The lowest BCUT2D eigenvalue weighted by Gasteiger charge is -2.52. The van der Waals surface area contributed by atoms with E-state index in [1.165, 1.54) is 0 Å². The summed E-state index contributed by atoms with van der Waals surface area (Å²) in [6.07, 6.45) is -29.8. The molecule has 5 fully saturated rings. The summed E-state index contributed by atoms with van der Waals surface area (Å²) in [5.41, 5.74) is 0. The molecule has 0 spiro atoms. The minimum Gasteiger partial charge on any atom is -0.477 e.